The molecular formula is C16H18N2O3S. The molecule has 2 aliphatic rings. The molecule has 0 aliphatic heterocycles. The Morgan fingerprint density at radius 2 is 2.32 bits per heavy atom. The third-order valence-electron chi connectivity index (χ3n) is 5.05. The van der Waals surface area contributed by atoms with E-state index in [4.69, 9.17) is 4.74 Å². The SMILES string of the molecule is O=C(C[C@@H]1C[C@@H]2CC[C@@H]1C2)OCc1cc(=O)n2ccsc2n1. The van der Waals surface area contributed by atoms with Gasteiger partial charge in [0.15, 0.2) is 4.96 Å². The molecule has 2 heterocycles. The predicted octanol–water partition coefficient (Wildman–Crippen LogP) is 2.63. The van der Waals surface area contributed by atoms with E-state index in [1.165, 1.54) is 47.5 Å². The molecular weight excluding hydrogens is 300 g/mol. The topological polar surface area (TPSA) is 60.7 Å². The minimum atomic E-state index is -0.161. The Kier molecular flexibility index (Phi) is 3.48. The summed E-state index contributed by atoms with van der Waals surface area (Å²) in [6.07, 6.45) is 7.30. The van der Waals surface area contributed by atoms with Gasteiger partial charge in [0.25, 0.3) is 5.56 Å². The van der Waals surface area contributed by atoms with E-state index in [0.717, 1.165) is 11.8 Å². The van der Waals surface area contributed by atoms with E-state index in [1.807, 2.05) is 5.38 Å². The maximum atomic E-state index is 12.0. The van der Waals surface area contributed by atoms with Crippen LogP contribution in [0.15, 0.2) is 22.4 Å². The lowest BCUT2D eigenvalue weighted by molar-refractivity contribution is -0.146. The summed E-state index contributed by atoms with van der Waals surface area (Å²) in [6, 6.07) is 1.44. The van der Waals surface area contributed by atoms with Gasteiger partial charge in [-0.15, -0.1) is 11.3 Å². The van der Waals surface area contributed by atoms with Crippen LogP contribution in [0, 0.1) is 17.8 Å². The van der Waals surface area contributed by atoms with E-state index >= 15 is 0 Å². The number of esters is 1. The van der Waals surface area contributed by atoms with Gasteiger partial charge in [-0.1, -0.05) is 6.42 Å². The highest BCUT2D eigenvalue weighted by molar-refractivity contribution is 7.15. The zero-order valence-electron chi connectivity index (χ0n) is 12.2. The minimum absolute atomic E-state index is 0.0866. The molecule has 0 N–H and O–H groups in total. The summed E-state index contributed by atoms with van der Waals surface area (Å²) < 4.78 is 6.82. The van der Waals surface area contributed by atoms with Gasteiger partial charge in [-0.05, 0) is 37.0 Å². The fraction of sp³-hybridized carbons (Fsp3) is 0.562. The van der Waals surface area contributed by atoms with E-state index in [0.29, 0.717) is 23.0 Å². The Morgan fingerprint density at radius 3 is 3.09 bits per heavy atom. The molecule has 22 heavy (non-hydrogen) atoms. The van der Waals surface area contributed by atoms with Crippen LogP contribution in [0.2, 0.25) is 0 Å². The van der Waals surface area contributed by atoms with Crippen molar-refractivity contribution in [2.75, 3.05) is 0 Å². The van der Waals surface area contributed by atoms with Crippen molar-refractivity contribution in [3.63, 3.8) is 0 Å². The average molecular weight is 318 g/mol. The lowest BCUT2D eigenvalue weighted by Crippen LogP contribution is -2.18. The molecule has 0 aromatic carbocycles. The molecule has 6 heteroatoms. The first-order valence-corrected chi connectivity index (χ1v) is 8.68. The number of rotatable bonds is 4. The molecule has 2 aliphatic carbocycles. The average Bonchev–Trinajstić information content (AvgIpc) is 3.20. The maximum Gasteiger partial charge on any atom is 0.306 e. The van der Waals surface area contributed by atoms with Crippen molar-refractivity contribution in [2.45, 2.75) is 38.7 Å². The molecule has 116 valence electrons. The second kappa shape index (κ2) is 5.50. The highest BCUT2D eigenvalue weighted by Gasteiger charge is 2.40. The first-order chi connectivity index (χ1) is 10.7. The van der Waals surface area contributed by atoms with Crippen LogP contribution >= 0.6 is 11.3 Å². The molecule has 4 rings (SSSR count). The number of hydrogen-bond donors (Lipinski definition) is 0. The van der Waals surface area contributed by atoms with Crippen LogP contribution in [0.3, 0.4) is 0 Å². The summed E-state index contributed by atoms with van der Waals surface area (Å²) in [5.41, 5.74) is 0.388. The van der Waals surface area contributed by atoms with Crippen LogP contribution in [-0.4, -0.2) is 15.4 Å². The van der Waals surface area contributed by atoms with Crippen LogP contribution in [-0.2, 0) is 16.1 Å². The van der Waals surface area contributed by atoms with Crippen LogP contribution < -0.4 is 5.56 Å². The first-order valence-electron chi connectivity index (χ1n) is 7.80. The third-order valence-corrected chi connectivity index (χ3v) is 5.81. The molecule has 2 aromatic heterocycles. The van der Waals surface area contributed by atoms with Gasteiger partial charge < -0.3 is 4.74 Å². The predicted molar refractivity (Wildman–Crippen MR) is 82.7 cm³/mol. The number of carbonyl (C=O) groups excluding carboxylic acids is 1. The Hall–Kier alpha value is -1.69. The van der Waals surface area contributed by atoms with E-state index < -0.39 is 0 Å². The zero-order chi connectivity index (χ0) is 15.1. The van der Waals surface area contributed by atoms with Crippen molar-refractivity contribution in [1.29, 1.82) is 0 Å². The first kappa shape index (κ1) is 13.9. The summed E-state index contributed by atoms with van der Waals surface area (Å²) >= 11 is 1.40. The molecule has 2 fully saturated rings. The Balaban J connectivity index is 1.37. The Labute approximate surface area is 131 Å². The normalized spacial score (nSPS) is 26.6. The molecule has 2 aromatic rings. The summed E-state index contributed by atoms with van der Waals surface area (Å²) in [6.45, 7) is 0.0866. The summed E-state index contributed by atoms with van der Waals surface area (Å²) in [5.74, 6) is 1.91. The summed E-state index contributed by atoms with van der Waals surface area (Å²) in [7, 11) is 0. The third kappa shape index (κ3) is 2.56. The van der Waals surface area contributed by atoms with E-state index in [1.54, 1.807) is 6.20 Å². The number of hydrogen-bond acceptors (Lipinski definition) is 5. The van der Waals surface area contributed by atoms with Gasteiger partial charge in [0.1, 0.15) is 6.61 Å². The van der Waals surface area contributed by atoms with Crippen LogP contribution in [0.25, 0.3) is 4.96 Å². The largest absolute Gasteiger partial charge is 0.459 e. The van der Waals surface area contributed by atoms with Gasteiger partial charge in [-0.2, -0.15) is 0 Å². The van der Waals surface area contributed by atoms with Crippen molar-refractivity contribution in [2.24, 2.45) is 17.8 Å². The van der Waals surface area contributed by atoms with Gasteiger partial charge >= 0.3 is 5.97 Å². The second-order valence-electron chi connectivity index (χ2n) is 6.44. The molecule has 0 unspecified atom stereocenters. The van der Waals surface area contributed by atoms with E-state index in [9.17, 15) is 9.59 Å². The second-order valence-corrected chi connectivity index (χ2v) is 7.31. The van der Waals surface area contributed by atoms with Crippen molar-refractivity contribution >= 4 is 22.3 Å². The van der Waals surface area contributed by atoms with Crippen molar-refractivity contribution < 1.29 is 9.53 Å². The summed E-state index contributed by atoms with van der Waals surface area (Å²) in [5, 5.41) is 1.81. The van der Waals surface area contributed by atoms with E-state index in [-0.39, 0.29) is 18.1 Å². The fourth-order valence-corrected chi connectivity index (χ4v) is 4.75. The Bertz CT molecular complexity index is 766. The number of aromatic nitrogens is 2. The van der Waals surface area contributed by atoms with Crippen LogP contribution in [0.5, 0.6) is 0 Å². The standard InChI is InChI=1S/C16H18N2O3S/c19-14-8-13(17-16-18(14)3-4-22-16)9-21-15(20)7-12-6-10-1-2-11(12)5-10/h3-4,8,10-12H,1-2,5-7,9H2/t10-,11-,12+/m1/s1. The molecule has 2 bridgehead atoms. The molecule has 3 atom stereocenters. The monoisotopic (exact) mass is 318 g/mol. The number of thiazole rings is 1. The number of carbonyl (C=O) groups is 1. The van der Waals surface area contributed by atoms with Gasteiger partial charge in [-0.3, -0.25) is 14.0 Å². The zero-order valence-corrected chi connectivity index (χ0v) is 13.1. The highest BCUT2D eigenvalue weighted by atomic mass is 32.1. The van der Waals surface area contributed by atoms with Crippen LogP contribution in [0.1, 0.15) is 37.8 Å². The van der Waals surface area contributed by atoms with Crippen molar-refractivity contribution in [3.05, 3.63) is 33.7 Å². The molecule has 0 saturated heterocycles. The van der Waals surface area contributed by atoms with Crippen molar-refractivity contribution in [1.82, 2.24) is 9.38 Å². The van der Waals surface area contributed by atoms with Gasteiger partial charge in [0, 0.05) is 24.1 Å². The Morgan fingerprint density at radius 1 is 1.41 bits per heavy atom. The lowest BCUT2D eigenvalue weighted by atomic mass is 9.86. The molecule has 0 spiro atoms. The smallest absolute Gasteiger partial charge is 0.306 e. The van der Waals surface area contributed by atoms with Gasteiger partial charge in [-0.25, -0.2) is 4.98 Å². The minimum Gasteiger partial charge on any atom is -0.459 e. The number of nitrogens with zero attached hydrogens (tertiary/aromatic N) is 2. The van der Waals surface area contributed by atoms with Crippen LogP contribution in [0.4, 0.5) is 0 Å². The highest BCUT2D eigenvalue weighted by Crippen LogP contribution is 2.49. The van der Waals surface area contributed by atoms with Gasteiger partial charge in [0.2, 0.25) is 0 Å². The molecule has 5 nitrogen and oxygen atoms in total. The van der Waals surface area contributed by atoms with E-state index in [2.05, 4.69) is 4.98 Å². The fourth-order valence-electron chi connectivity index (χ4n) is 4.02. The van der Waals surface area contributed by atoms with Gasteiger partial charge in [0.05, 0.1) is 5.69 Å². The maximum absolute atomic E-state index is 12.0. The molecule has 0 radical (unpaired) electrons. The van der Waals surface area contributed by atoms with Crippen molar-refractivity contribution in [3.8, 4) is 0 Å². The quantitative estimate of drug-likeness (QED) is 0.813. The lowest BCUT2D eigenvalue weighted by Gasteiger charge is -2.20. The molecule has 2 saturated carbocycles. The summed E-state index contributed by atoms with van der Waals surface area (Å²) in [4.78, 5) is 28.8. The number of fused-ring (bicyclic) bond motifs is 3. The number of ether oxygens (including phenoxy) is 1. The molecule has 0 amide bonds.